The summed E-state index contributed by atoms with van der Waals surface area (Å²) in [5, 5.41) is 0. The third-order valence-electron chi connectivity index (χ3n) is 5.77. The molecule has 0 aliphatic carbocycles. The van der Waals surface area contributed by atoms with Gasteiger partial charge in [0.25, 0.3) is 0 Å². The van der Waals surface area contributed by atoms with E-state index in [2.05, 4.69) is 16.7 Å². The van der Waals surface area contributed by atoms with Gasteiger partial charge in [-0.3, -0.25) is 9.80 Å². The standard InChI is InChI=1S/C20H36N2O4/c1-2-3-4-5-6-7-20(21(8-16-12-23-16)9-17-13-24-17)22(10-18-14-25-18)11-19-15-26-19/h16-20H,2-15H2,1H3. The second-order valence-corrected chi connectivity index (χ2v) is 8.41. The number of rotatable bonds is 16. The first-order valence-corrected chi connectivity index (χ1v) is 10.8. The van der Waals surface area contributed by atoms with Crippen molar-refractivity contribution >= 4 is 0 Å². The van der Waals surface area contributed by atoms with Gasteiger partial charge in [0.2, 0.25) is 0 Å². The van der Waals surface area contributed by atoms with Gasteiger partial charge >= 0.3 is 0 Å². The molecule has 4 fully saturated rings. The molecule has 0 spiro atoms. The Bertz CT molecular complexity index is 362. The average Bonchev–Trinajstić information content (AvgIpc) is 3.44. The van der Waals surface area contributed by atoms with Crippen LogP contribution in [-0.4, -0.2) is 93.0 Å². The van der Waals surface area contributed by atoms with Crippen molar-refractivity contribution in [2.75, 3.05) is 52.6 Å². The zero-order chi connectivity index (χ0) is 17.8. The van der Waals surface area contributed by atoms with Gasteiger partial charge < -0.3 is 18.9 Å². The van der Waals surface area contributed by atoms with Crippen molar-refractivity contribution in [1.29, 1.82) is 0 Å². The Balaban J connectivity index is 1.37. The minimum Gasteiger partial charge on any atom is -0.372 e. The largest absolute Gasteiger partial charge is 0.372 e. The number of hydrogen-bond acceptors (Lipinski definition) is 6. The smallest absolute Gasteiger partial charge is 0.0937 e. The summed E-state index contributed by atoms with van der Waals surface area (Å²) in [6.45, 7) is 10.1. The van der Waals surface area contributed by atoms with E-state index in [1.165, 1.54) is 38.5 Å². The van der Waals surface area contributed by atoms with Crippen LogP contribution >= 0.6 is 0 Å². The van der Waals surface area contributed by atoms with Crippen LogP contribution in [0.4, 0.5) is 0 Å². The molecule has 0 aromatic carbocycles. The van der Waals surface area contributed by atoms with Gasteiger partial charge in [-0.1, -0.05) is 39.0 Å². The Labute approximate surface area is 158 Å². The van der Waals surface area contributed by atoms with Crippen LogP contribution in [0.1, 0.15) is 45.4 Å². The summed E-state index contributed by atoms with van der Waals surface area (Å²) in [6.07, 6.45) is 10.0. The van der Waals surface area contributed by atoms with Crippen molar-refractivity contribution in [2.24, 2.45) is 0 Å². The van der Waals surface area contributed by atoms with E-state index < -0.39 is 0 Å². The summed E-state index contributed by atoms with van der Waals surface area (Å²) < 4.78 is 22.3. The molecule has 4 unspecified atom stereocenters. The Hall–Kier alpha value is -0.240. The summed E-state index contributed by atoms with van der Waals surface area (Å²) in [6, 6.07) is 0. The van der Waals surface area contributed by atoms with E-state index in [4.69, 9.17) is 18.9 Å². The fourth-order valence-corrected chi connectivity index (χ4v) is 3.90. The lowest BCUT2D eigenvalue weighted by molar-refractivity contribution is 0.0166. The second kappa shape index (κ2) is 9.30. The van der Waals surface area contributed by atoms with Crippen LogP contribution in [0.2, 0.25) is 0 Å². The van der Waals surface area contributed by atoms with Gasteiger partial charge in [-0.15, -0.1) is 0 Å². The molecule has 4 aliphatic heterocycles. The van der Waals surface area contributed by atoms with E-state index in [0.29, 0.717) is 30.6 Å². The number of ether oxygens (including phenoxy) is 4. The number of epoxide rings is 4. The van der Waals surface area contributed by atoms with Crippen LogP contribution in [0, 0.1) is 0 Å². The summed E-state index contributed by atoms with van der Waals surface area (Å²) in [5.41, 5.74) is 0. The molecule has 0 bridgehead atoms. The molecule has 0 amide bonds. The zero-order valence-corrected chi connectivity index (χ0v) is 16.3. The predicted molar refractivity (Wildman–Crippen MR) is 99.3 cm³/mol. The SMILES string of the molecule is CCCCCCCC(N(CC1CO1)CC1CO1)N(CC1CO1)CC1CO1. The van der Waals surface area contributed by atoms with Crippen molar-refractivity contribution in [3.63, 3.8) is 0 Å². The molecule has 4 aliphatic rings. The molecule has 4 heterocycles. The molecule has 4 saturated heterocycles. The lowest BCUT2D eigenvalue weighted by atomic mass is 10.1. The van der Waals surface area contributed by atoms with Gasteiger partial charge in [0.05, 0.1) is 57.0 Å². The zero-order valence-electron chi connectivity index (χ0n) is 16.3. The molecule has 0 aromatic rings. The van der Waals surface area contributed by atoms with E-state index >= 15 is 0 Å². The summed E-state index contributed by atoms with van der Waals surface area (Å²) in [4.78, 5) is 5.28. The van der Waals surface area contributed by atoms with Crippen molar-refractivity contribution < 1.29 is 18.9 Å². The summed E-state index contributed by atoms with van der Waals surface area (Å²) in [5.74, 6) is 0. The third-order valence-corrected chi connectivity index (χ3v) is 5.77. The van der Waals surface area contributed by atoms with Gasteiger partial charge in [0.1, 0.15) is 0 Å². The molecule has 6 heteroatoms. The molecule has 4 atom stereocenters. The maximum absolute atomic E-state index is 5.56. The fourth-order valence-electron chi connectivity index (χ4n) is 3.90. The first-order valence-electron chi connectivity index (χ1n) is 10.8. The second-order valence-electron chi connectivity index (χ2n) is 8.41. The maximum atomic E-state index is 5.56. The van der Waals surface area contributed by atoms with Gasteiger partial charge in [0.15, 0.2) is 0 Å². The van der Waals surface area contributed by atoms with Crippen LogP contribution in [-0.2, 0) is 18.9 Å². The fraction of sp³-hybridized carbons (Fsp3) is 1.00. The van der Waals surface area contributed by atoms with Crippen molar-refractivity contribution in [3.8, 4) is 0 Å². The van der Waals surface area contributed by atoms with Crippen LogP contribution in [0.25, 0.3) is 0 Å². The number of nitrogens with zero attached hydrogens (tertiary/aromatic N) is 2. The van der Waals surface area contributed by atoms with Gasteiger partial charge in [0, 0.05) is 26.2 Å². The maximum Gasteiger partial charge on any atom is 0.0937 e. The molecule has 6 nitrogen and oxygen atoms in total. The monoisotopic (exact) mass is 368 g/mol. The molecule has 0 aromatic heterocycles. The normalized spacial score (nSPS) is 32.9. The van der Waals surface area contributed by atoms with E-state index in [-0.39, 0.29) is 0 Å². The quantitative estimate of drug-likeness (QED) is 0.236. The molecular weight excluding hydrogens is 332 g/mol. The predicted octanol–water partition coefficient (Wildman–Crippen LogP) is 1.87. The van der Waals surface area contributed by atoms with Crippen LogP contribution in [0.15, 0.2) is 0 Å². The van der Waals surface area contributed by atoms with Gasteiger partial charge in [-0.25, -0.2) is 0 Å². The molecule has 4 rings (SSSR count). The highest BCUT2D eigenvalue weighted by Crippen LogP contribution is 2.26. The molecule has 0 saturated carbocycles. The Morgan fingerprint density at radius 3 is 1.38 bits per heavy atom. The van der Waals surface area contributed by atoms with Gasteiger partial charge in [-0.2, -0.15) is 0 Å². The van der Waals surface area contributed by atoms with E-state index in [0.717, 1.165) is 52.6 Å². The summed E-state index contributed by atoms with van der Waals surface area (Å²) >= 11 is 0. The van der Waals surface area contributed by atoms with E-state index in [1.807, 2.05) is 0 Å². The molecule has 0 N–H and O–H groups in total. The highest BCUT2D eigenvalue weighted by molar-refractivity contribution is 4.89. The van der Waals surface area contributed by atoms with Gasteiger partial charge in [-0.05, 0) is 6.42 Å². The first kappa shape index (κ1) is 19.1. The summed E-state index contributed by atoms with van der Waals surface area (Å²) in [7, 11) is 0. The minimum atomic E-state index is 0.424. The minimum absolute atomic E-state index is 0.424. The molecule has 0 radical (unpaired) electrons. The molecule has 150 valence electrons. The van der Waals surface area contributed by atoms with E-state index in [9.17, 15) is 0 Å². The van der Waals surface area contributed by atoms with Crippen LogP contribution in [0.5, 0.6) is 0 Å². The third kappa shape index (κ3) is 6.73. The van der Waals surface area contributed by atoms with E-state index in [1.54, 1.807) is 0 Å². The molecule has 26 heavy (non-hydrogen) atoms. The van der Waals surface area contributed by atoms with Crippen molar-refractivity contribution in [1.82, 2.24) is 9.80 Å². The van der Waals surface area contributed by atoms with Crippen molar-refractivity contribution in [2.45, 2.75) is 76.0 Å². The highest BCUT2D eigenvalue weighted by Gasteiger charge is 2.39. The highest BCUT2D eigenvalue weighted by atomic mass is 16.6. The lowest BCUT2D eigenvalue weighted by Crippen LogP contribution is -2.53. The Morgan fingerprint density at radius 2 is 1.04 bits per heavy atom. The average molecular weight is 369 g/mol. The lowest BCUT2D eigenvalue weighted by Gasteiger charge is -2.39. The van der Waals surface area contributed by atoms with Crippen molar-refractivity contribution in [3.05, 3.63) is 0 Å². The van der Waals surface area contributed by atoms with Crippen LogP contribution < -0.4 is 0 Å². The molecular formula is C20H36N2O4. The Morgan fingerprint density at radius 1 is 0.654 bits per heavy atom. The number of hydrogen-bond donors (Lipinski definition) is 0. The Kier molecular flexibility index (Phi) is 6.83. The first-order chi connectivity index (χ1) is 12.8. The topological polar surface area (TPSA) is 56.6 Å². The van der Waals surface area contributed by atoms with Crippen LogP contribution in [0.3, 0.4) is 0 Å². The number of unbranched alkanes of at least 4 members (excludes halogenated alkanes) is 4.